The Kier molecular flexibility index (Phi) is 8.74. The molecule has 0 amide bonds. The standard InChI is InChI=1S/C27H33NO3S/c1-27(2)18-23(26(25(31)19-27)32-20-22-6-4-3-5-7-22)11-8-21-9-12-24(13-10-21)28(14-16-29)15-17-30/h3-13,29-30H,14-20H2,1-2H3/b11-8+. The van der Waals surface area contributed by atoms with E-state index >= 15 is 0 Å². The molecule has 0 spiro atoms. The lowest BCUT2D eigenvalue weighted by Crippen LogP contribution is -2.29. The Balaban J connectivity index is 1.79. The maximum absolute atomic E-state index is 12.9. The van der Waals surface area contributed by atoms with Gasteiger partial charge in [-0.05, 0) is 40.7 Å². The molecule has 2 aromatic carbocycles. The highest BCUT2D eigenvalue weighted by Crippen LogP contribution is 2.42. The summed E-state index contributed by atoms with van der Waals surface area (Å²) in [5.41, 5.74) is 4.32. The van der Waals surface area contributed by atoms with Crippen LogP contribution in [-0.2, 0) is 10.5 Å². The van der Waals surface area contributed by atoms with Gasteiger partial charge in [-0.15, -0.1) is 11.8 Å². The number of hydrogen-bond acceptors (Lipinski definition) is 5. The van der Waals surface area contributed by atoms with Gasteiger partial charge in [-0.3, -0.25) is 4.79 Å². The van der Waals surface area contributed by atoms with Crippen molar-refractivity contribution >= 4 is 29.3 Å². The molecule has 32 heavy (non-hydrogen) atoms. The van der Waals surface area contributed by atoms with Crippen molar-refractivity contribution in [2.45, 2.75) is 32.4 Å². The first kappa shape index (κ1) is 24.3. The van der Waals surface area contributed by atoms with E-state index in [1.807, 2.05) is 47.4 Å². The molecule has 1 aliphatic carbocycles. The predicted octanol–water partition coefficient (Wildman–Crippen LogP) is 5.07. The highest BCUT2D eigenvalue weighted by molar-refractivity contribution is 8.03. The summed E-state index contributed by atoms with van der Waals surface area (Å²) in [4.78, 5) is 15.8. The molecule has 0 unspecified atom stereocenters. The minimum absolute atomic E-state index is 0.0352. The molecule has 170 valence electrons. The molecule has 0 saturated heterocycles. The first-order valence-electron chi connectivity index (χ1n) is 11.1. The maximum atomic E-state index is 12.9. The smallest absolute Gasteiger partial charge is 0.170 e. The van der Waals surface area contributed by atoms with Crippen LogP contribution in [0.25, 0.3) is 6.08 Å². The van der Waals surface area contributed by atoms with E-state index in [4.69, 9.17) is 0 Å². The zero-order valence-electron chi connectivity index (χ0n) is 19.0. The average Bonchev–Trinajstić information content (AvgIpc) is 2.77. The first-order valence-corrected chi connectivity index (χ1v) is 12.1. The summed E-state index contributed by atoms with van der Waals surface area (Å²) >= 11 is 1.64. The molecule has 4 nitrogen and oxygen atoms in total. The largest absolute Gasteiger partial charge is 0.395 e. The fourth-order valence-corrected chi connectivity index (χ4v) is 5.06. The normalized spacial score (nSPS) is 16.1. The number of allylic oxidation sites excluding steroid dienone is 3. The van der Waals surface area contributed by atoms with Crippen molar-refractivity contribution in [3.05, 3.63) is 82.3 Å². The van der Waals surface area contributed by atoms with Crippen molar-refractivity contribution in [3.63, 3.8) is 0 Å². The number of hydrogen-bond donors (Lipinski definition) is 2. The first-order chi connectivity index (χ1) is 15.4. The van der Waals surface area contributed by atoms with Crippen molar-refractivity contribution in [1.82, 2.24) is 0 Å². The summed E-state index contributed by atoms with van der Waals surface area (Å²) in [6.07, 6.45) is 5.63. The number of aliphatic hydroxyl groups excluding tert-OH is 2. The van der Waals surface area contributed by atoms with Crippen LogP contribution in [-0.4, -0.2) is 42.3 Å². The minimum Gasteiger partial charge on any atom is -0.395 e. The van der Waals surface area contributed by atoms with Gasteiger partial charge in [-0.1, -0.05) is 68.5 Å². The molecular weight excluding hydrogens is 418 g/mol. The zero-order valence-corrected chi connectivity index (χ0v) is 19.8. The molecule has 2 aromatic rings. The highest BCUT2D eigenvalue weighted by Gasteiger charge is 2.32. The third-order valence-corrected chi connectivity index (χ3v) is 6.81. The second kappa shape index (κ2) is 11.5. The van der Waals surface area contributed by atoms with Crippen molar-refractivity contribution < 1.29 is 15.0 Å². The lowest BCUT2D eigenvalue weighted by atomic mass is 9.76. The average molecular weight is 452 g/mol. The molecule has 0 bridgehead atoms. The Morgan fingerprint density at radius 3 is 2.22 bits per heavy atom. The third-order valence-electron chi connectivity index (χ3n) is 5.55. The lowest BCUT2D eigenvalue weighted by Gasteiger charge is -2.31. The van der Waals surface area contributed by atoms with E-state index in [-0.39, 0.29) is 24.4 Å². The number of thioether (sulfide) groups is 1. The number of rotatable bonds is 10. The van der Waals surface area contributed by atoms with E-state index in [1.165, 1.54) is 5.56 Å². The van der Waals surface area contributed by atoms with Gasteiger partial charge >= 0.3 is 0 Å². The van der Waals surface area contributed by atoms with Crippen molar-refractivity contribution in [2.24, 2.45) is 5.41 Å². The van der Waals surface area contributed by atoms with Crippen LogP contribution in [0.15, 0.2) is 71.2 Å². The van der Waals surface area contributed by atoms with E-state index in [0.717, 1.165) is 33.9 Å². The Hall–Kier alpha value is -2.34. The third kappa shape index (κ3) is 6.83. The van der Waals surface area contributed by atoms with Crippen molar-refractivity contribution in [3.8, 4) is 0 Å². The molecule has 5 heteroatoms. The molecule has 0 atom stereocenters. The van der Waals surface area contributed by atoms with Gasteiger partial charge in [0.05, 0.1) is 18.1 Å². The van der Waals surface area contributed by atoms with Crippen molar-refractivity contribution in [2.75, 3.05) is 31.2 Å². The lowest BCUT2D eigenvalue weighted by molar-refractivity contribution is -0.117. The van der Waals surface area contributed by atoms with E-state index in [1.54, 1.807) is 11.8 Å². The van der Waals surface area contributed by atoms with Crippen LogP contribution in [0, 0.1) is 5.41 Å². The van der Waals surface area contributed by atoms with E-state index in [9.17, 15) is 15.0 Å². The topological polar surface area (TPSA) is 60.8 Å². The van der Waals surface area contributed by atoms with Gasteiger partial charge in [0.1, 0.15) is 0 Å². The number of aliphatic hydroxyl groups is 2. The molecular formula is C27H33NO3S. The number of nitrogens with zero attached hydrogens (tertiary/aromatic N) is 1. The van der Waals surface area contributed by atoms with E-state index in [2.05, 4.69) is 38.1 Å². The number of carbonyl (C=O) groups is 1. The molecule has 0 fully saturated rings. The number of benzene rings is 2. The Labute approximate surface area is 195 Å². The predicted molar refractivity (Wildman–Crippen MR) is 135 cm³/mol. The van der Waals surface area contributed by atoms with Crippen LogP contribution in [0.2, 0.25) is 0 Å². The molecule has 0 aliphatic heterocycles. The Bertz CT molecular complexity index is 943. The number of anilines is 1. The fourth-order valence-electron chi connectivity index (χ4n) is 3.99. The number of ketones is 1. The molecule has 3 rings (SSSR count). The summed E-state index contributed by atoms with van der Waals surface area (Å²) in [7, 11) is 0. The fraction of sp³-hybridized carbons (Fsp3) is 0.370. The summed E-state index contributed by atoms with van der Waals surface area (Å²) < 4.78 is 0. The molecule has 0 aromatic heterocycles. The van der Waals surface area contributed by atoms with E-state index in [0.29, 0.717) is 19.5 Å². The van der Waals surface area contributed by atoms with Gasteiger partial charge in [0.2, 0.25) is 0 Å². The van der Waals surface area contributed by atoms with Gasteiger partial charge in [-0.25, -0.2) is 0 Å². The molecule has 0 radical (unpaired) electrons. The van der Waals surface area contributed by atoms with Crippen LogP contribution in [0.3, 0.4) is 0 Å². The van der Waals surface area contributed by atoms with Gasteiger partial charge in [0.25, 0.3) is 0 Å². The van der Waals surface area contributed by atoms with Crippen molar-refractivity contribution in [1.29, 1.82) is 0 Å². The van der Waals surface area contributed by atoms with Crippen LogP contribution in [0.5, 0.6) is 0 Å². The molecule has 2 N–H and O–H groups in total. The minimum atomic E-state index is -0.0352. The quantitative estimate of drug-likeness (QED) is 0.528. The van der Waals surface area contributed by atoms with Gasteiger partial charge < -0.3 is 15.1 Å². The summed E-state index contributed by atoms with van der Waals surface area (Å²) in [6, 6.07) is 18.3. The zero-order chi connectivity index (χ0) is 23.0. The summed E-state index contributed by atoms with van der Waals surface area (Å²) in [6.45, 7) is 5.38. The van der Waals surface area contributed by atoms with Gasteiger partial charge in [0, 0.05) is 31.0 Å². The molecule has 1 aliphatic rings. The SMILES string of the molecule is CC1(C)CC(=O)C(SCc2ccccc2)=C(/C=C/c2ccc(N(CCO)CCO)cc2)C1. The van der Waals surface area contributed by atoms with Gasteiger partial charge in [0.15, 0.2) is 5.78 Å². The van der Waals surface area contributed by atoms with Crippen LogP contribution >= 0.6 is 11.8 Å². The van der Waals surface area contributed by atoms with Crippen LogP contribution < -0.4 is 4.90 Å². The second-order valence-corrected chi connectivity index (χ2v) is 9.91. The Morgan fingerprint density at radius 1 is 0.938 bits per heavy atom. The molecule has 0 heterocycles. The van der Waals surface area contributed by atoms with Gasteiger partial charge in [-0.2, -0.15) is 0 Å². The molecule has 0 saturated carbocycles. The summed E-state index contributed by atoms with van der Waals surface area (Å²) in [5, 5.41) is 18.5. The number of carbonyl (C=O) groups excluding carboxylic acids is 1. The number of Topliss-reactive ketones (excluding diaryl/α,β-unsaturated/α-hetero) is 1. The highest BCUT2D eigenvalue weighted by atomic mass is 32.2. The van der Waals surface area contributed by atoms with E-state index < -0.39 is 0 Å². The van der Waals surface area contributed by atoms with Crippen LogP contribution in [0.1, 0.15) is 37.8 Å². The summed E-state index contributed by atoms with van der Waals surface area (Å²) in [5.74, 6) is 1.03. The monoisotopic (exact) mass is 451 g/mol. The Morgan fingerprint density at radius 2 is 1.59 bits per heavy atom. The maximum Gasteiger partial charge on any atom is 0.170 e. The second-order valence-electron chi connectivity index (χ2n) is 8.93. The van der Waals surface area contributed by atoms with Crippen LogP contribution in [0.4, 0.5) is 5.69 Å².